The first-order valence-electron chi connectivity index (χ1n) is 6.47. The molecule has 1 aromatic carbocycles. The maximum Gasteiger partial charge on any atom is 0.123 e. The predicted octanol–water partition coefficient (Wildman–Crippen LogP) is 1.32. The van der Waals surface area contributed by atoms with E-state index in [9.17, 15) is 4.39 Å². The molecule has 4 heteroatoms. The molecule has 0 aliphatic carbocycles. The van der Waals surface area contributed by atoms with E-state index in [0.717, 1.165) is 38.2 Å². The van der Waals surface area contributed by atoms with Gasteiger partial charge in [-0.1, -0.05) is 12.1 Å². The van der Waals surface area contributed by atoms with Crippen molar-refractivity contribution in [3.05, 3.63) is 35.6 Å². The first-order valence-corrected chi connectivity index (χ1v) is 6.47. The number of nitrogens with zero attached hydrogens (tertiary/aromatic N) is 2. The summed E-state index contributed by atoms with van der Waals surface area (Å²) >= 11 is 0. The Morgan fingerprint density at radius 3 is 2.67 bits per heavy atom. The molecule has 100 valence electrons. The Morgan fingerprint density at radius 1 is 1.28 bits per heavy atom. The maximum absolute atomic E-state index is 12.8. The van der Waals surface area contributed by atoms with Crippen molar-refractivity contribution in [2.24, 2.45) is 0 Å². The van der Waals surface area contributed by atoms with Crippen LogP contribution in [0.5, 0.6) is 0 Å². The number of halogens is 1. The molecular weight excluding hydrogens is 231 g/mol. The summed E-state index contributed by atoms with van der Waals surface area (Å²) in [6.07, 6.45) is 0.816. The molecule has 1 heterocycles. The van der Waals surface area contributed by atoms with Crippen molar-refractivity contribution in [2.45, 2.75) is 19.0 Å². The molecule has 1 N–H and O–H groups in total. The smallest absolute Gasteiger partial charge is 0.123 e. The molecule has 1 fully saturated rings. The van der Waals surface area contributed by atoms with Crippen molar-refractivity contribution in [2.75, 3.05) is 33.3 Å². The van der Waals surface area contributed by atoms with Crippen LogP contribution in [0.4, 0.5) is 4.39 Å². The molecule has 0 saturated carbocycles. The van der Waals surface area contributed by atoms with Crippen LogP contribution in [-0.4, -0.2) is 54.2 Å². The van der Waals surface area contributed by atoms with Crippen LogP contribution in [0.2, 0.25) is 0 Å². The van der Waals surface area contributed by atoms with Gasteiger partial charge in [0.1, 0.15) is 5.82 Å². The third-order valence-corrected chi connectivity index (χ3v) is 3.64. The zero-order valence-corrected chi connectivity index (χ0v) is 10.8. The second kappa shape index (κ2) is 6.27. The molecule has 1 atom stereocenters. The van der Waals surface area contributed by atoms with Gasteiger partial charge < -0.3 is 10.0 Å². The van der Waals surface area contributed by atoms with Crippen molar-refractivity contribution < 1.29 is 9.50 Å². The van der Waals surface area contributed by atoms with Crippen LogP contribution < -0.4 is 0 Å². The van der Waals surface area contributed by atoms with Gasteiger partial charge in [-0.25, -0.2) is 4.39 Å². The van der Waals surface area contributed by atoms with Crippen molar-refractivity contribution in [3.63, 3.8) is 0 Å². The van der Waals surface area contributed by atoms with Gasteiger partial charge in [0.2, 0.25) is 0 Å². The van der Waals surface area contributed by atoms with Gasteiger partial charge in [0, 0.05) is 38.8 Å². The summed E-state index contributed by atoms with van der Waals surface area (Å²) in [7, 11) is 2.11. The molecule has 0 radical (unpaired) electrons. The summed E-state index contributed by atoms with van der Waals surface area (Å²) in [4.78, 5) is 4.67. The van der Waals surface area contributed by atoms with E-state index in [1.807, 2.05) is 12.1 Å². The van der Waals surface area contributed by atoms with Gasteiger partial charge in [0.15, 0.2) is 0 Å². The zero-order valence-electron chi connectivity index (χ0n) is 10.8. The molecule has 0 unspecified atom stereocenters. The van der Waals surface area contributed by atoms with Gasteiger partial charge in [-0.2, -0.15) is 0 Å². The van der Waals surface area contributed by atoms with Gasteiger partial charge in [-0.3, -0.25) is 4.90 Å². The van der Waals surface area contributed by atoms with Gasteiger partial charge in [-0.15, -0.1) is 0 Å². The van der Waals surface area contributed by atoms with E-state index in [4.69, 9.17) is 5.11 Å². The summed E-state index contributed by atoms with van der Waals surface area (Å²) in [5, 5.41) is 9.06. The van der Waals surface area contributed by atoms with Crippen LogP contribution >= 0.6 is 0 Å². The van der Waals surface area contributed by atoms with Gasteiger partial charge >= 0.3 is 0 Å². The summed E-state index contributed by atoms with van der Waals surface area (Å²) in [5.74, 6) is -0.185. The standard InChI is InChI=1S/C14H21FN2O/c1-16-7-8-17(11-14(16)6-9-18)10-12-2-4-13(15)5-3-12/h2-5,14,18H,6-11H2,1H3/t14-/m0/s1. The molecule has 0 spiro atoms. The maximum atomic E-state index is 12.8. The largest absolute Gasteiger partial charge is 0.396 e. The predicted molar refractivity (Wildman–Crippen MR) is 69.8 cm³/mol. The fourth-order valence-corrected chi connectivity index (χ4v) is 2.46. The van der Waals surface area contributed by atoms with Gasteiger partial charge in [0.25, 0.3) is 0 Å². The molecule has 2 rings (SSSR count). The van der Waals surface area contributed by atoms with Crippen molar-refractivity contribution in [1.82, 2.24) is 9.80 Å². The first kappa shape index (κ1) is 13.5. The average molecular weight is 252 g/mol. The highest BCUT2D eigenvalue weighted by Gasteiger charge is 2.23. The molecule has 0 amide bonds. The van der Waals surface area contributed by atoms with Crippen molar-refractivity contribution in [3.8, 4) is 0 Å². The Morgan fingerprint density at radius 2 is 2.00 bits per heavy atom. The molecule has 1 aromatic rings. The molecule has 1 saturated heterocycles. The lowest BCUT2D eigenvalue weighted by atomic mass is 10.1. The number of hydrogen-bond donors (Lipinski definition) is 1. The van der Waals surface area contributed by atoms with E-state index < -0.39 is 0 Å². The zero-order chi connectivity index (χ0) is 13.0. The van der Waals surface area contributed by atoms with Crippen LogP contribution in [0.1, 0.15) is 12.0 Å². The highest BCUT2D eigenvalue weighted by molar-refractivity contribution is 5.16. The third kappa shape index (κ3) is 3.51. The number of aliphatic hydroxyl groups excluding tert-OH is 1. The fraction of sp³-hybridized carbons (Fsp3) is 0.571. The fourth-order valence-electron chi connectivity index (χ4n) is 2.46. The quantitative estimate of drug-likeness (QED) is 0.875. The molecule has 18 heavy (non-hydrogen) atoms. The molecular formula is C14H21FN2O. The minimum Gasteiger partial charge on any atom is -0.396 e. The van der Waals surface area contributed by atoms with Crippen LogP contribution in [0.3, 0.4) is 0 Å². The Bertz CT molecular complexity index is 369. The Hall–Kier alpha value is -0.970. The molecule has 1 aliphatic heterocycles. The highest BCUT2D eigenvalue weighted by atomic mass is 19.1. The van der Waals surface area contributed by atoms with E-state index in [-0.39, 0.29) is 12.4 Å². The number of benzene rings is 1. The number of rotatable bonds is 4. The SMILES string of the molecule is CN1CCN(Cc2ccc(F)cc2)C[C@@H]1CCO. The van der Waals surface area contributed by atoms with E-state index in [0.29, 0.717) is 6.04 Å². The van der Waals surface area contributed by atoms with Crippen LogP contribution in [-0.2, 0) is 6.54 Å². The summed E-state index contributed by atoms with van der Waals surface area (Å²) in [6, 6.07) is 7.13. The van der Waals surface area contributed by atoms with Gasteiger partial charge in [0.05, 0.1) is 0 Å². The molecule has 0 aromatic heterocycles. The second-order valence-corrected chi connectivity index (χ2v) is 5.01. The highest BCUT2D eigenvalue weighted by Crippen LogP contribution is 2.14. The monoisotopic (exact) mass is 252 g/mol. The average Bonchev–Trinajstić information content (AvgIpc) is 2.37. The lowest BCUT2D eigenvalue weighted by molar-refractivity contribution is 0.0743. The second-order valence-electron chi connectivity index (χ2n) is 5.01. The molecule has 1 aliphatic rings. The van der Waals surface area contributed by atoms with E-state index in [2.05, 4.69) is 16.8 Å². The Labute approximate surface area is 108 Å². The minimum atomic E-state index is -0.185. The van der Waals surface area contributed by atoms with Crippen molar-refractivity contribution >= 4 is 0 Å². The lowest BCUT2D eigenvalue weighted by Gasteiger charge is -2.39. The summed E-state index contributed by atoms with van der Waals surface area (Å²) in [6.45, 7) is 4.10. The number of likely N-dealkylation sites (N-methyl/N-ethyl adjacent to an activating group) is 1. The van der Waals surface area contributed by atoms with Crippen LogP contribution in [0, 0.1) is 5.82 Å². The topological polar surface area (TPSA) is 26.7 Å². The molecule has 0 bridgehead atoms. The summed E-state index contributed by atoms with van der Waals surface area (Å²) in [5.41, 5.74) is 1.14. The van der Waals surface area contributed by atoms with Gasteiger partial charge in [-0.05, 0) is 31.2 Å². The van der Waals surface area contributed by atoms with E-state index in [1.165, 1.54) is 12.1 Å². The van der Waals surface area contributed by atoms with Crippen molar-refractivity contribution in [1.29, 1.82) is 0 Å². The Balaban J connectivity index is 1.91. The Kier molecular flexibility index (Phi) is 4.69. The first-order chi connectivity index (χ1) is 8.69. The third-order valence-electron chi connectivity index (χ3n) is 3.64. The minimum absolute atomic E-state index is 0.185. The van der Waals surface area contributed by atoms with Crippen LogP contribution in [0.15, 0.2) is 24.3 Å². The number of aliphatic hydroxyl groups is 1. The molecule has 3 nitrogen and oxygen atoms in total. The van der Waals surface area contributed by atoms with Crippen LogP contribution in [0.25, 0.3) is 0 Å². The number of piperazine rings is 1. The lowest BCUT2D eigenvalue weighted by Crippen LogP contribution is -2.51. The van der Waals surface area contributed by atoms with E-state index in [1.54, 1.807) is 0 Å². The normalized spacial score (nSPS) is 22.3. The number of hydrogen-bond acceptors (Lipinski definition) is 3. The summed E-state index contributed by atoms with van der Waals surface area (Å²) < 4.78 is 12.8. The van der Waals surface area contributed by atoms with E-state index >= 15 is 0 Å².